The maximum Gasteiger partial charge on any atom is 0.260 e. The topological polar surface area (TPSA) is 49.9 Å². The van der Waals surface area contributed by atoms with Crippen LogP contribution in [0.25, 0.3) is 0 Å². The summed E-state index contributed by atoms with van der Waals surface area (Å²) in [5, 5.41) is 0. The quantitative estimate of drug-likeness (QED) is 0.776. The molecule has 7 heteroatoms. The Bertz CT molecular complexity index is 520. The van der Waals surface area contributed by atoms with Gasteiger partial charge in [0.15, 0.2) is 24.0 Å². The van der Waals surface area contributed by atoms with E-state index in [4.69, 9.17) is 4.74 Å². The van der Waals surface area contributed by atoms with Crippen molar-refractivity contribution < 1.29 is 23.1 Å². The number of ether oxygens (including phenoxy) is 1. The molecule has 1 fully saturated rings. The number of hydrogen-bond donors (Lipinski definition) is 0. The Morgan fingerprint density at radius 3 is 2.33 bits per heavy atom. The first-order valence-corrected chi connectivity index (χ1v) is 6.54. The number of hydrogen-bond acceptors (Lipinski definition) is 4. The molecule has 1 aliphatic rings. The number of halogens is 2. The highest BCUT2D eigenvalue weighted by atomic mass is 19.1. The molecule has 1 aromatic rings. The molecule has 0 bridgehead atoms. The Morgan fingerprint density at radius 2 is 1.81 bits per heavy atom. The summed E-state index contributed by atoms with van der Waals surface area (Å²) in [5.74, 6) is -2.95. The van der Waals surface area contributed by atoms with Crippen molar-refractivity contribution in [3.05, 3.63) is 29.3 Å². The number of piperazine rings is 1. The fourth-order valence-electron chi connectivity index (χ4n) is 2.07. The maximum absolute atomic E-state index is 13.6. The highest BCUT2D eigenvalue weighted by Gasteiger charge is 2.21. The van der Waals surface area contributed by atoms with Crippen LogP contribution in [-0.4, -0.2) is 61.8 Å². The van der Waals surface area contributed by atoms with Gasteiger partial charge in [-0.2, -0.15) is 0 Å². The average Bonchev–Trinajstić information content (AvgIpc) is 2.46. The number of carbonyl (C=O) groups is 2. The molecule has 1 saturated heterocycles. The fourth-order valence-corrected chi connectivity index (χ4v) is 2.07. The molecule has 114 valence electrons. The highest BCUT2D eigenvalue weighted by molar-refractivity contribution is 5.78. The lowest BCUT2D eigenvalue weighted by atomic mass is 10.2. The minimum absolute atomic E-state index is 0.122. The van der Waals surface area contributed by atoms with Crippen molar-refractivity contribution in [2.24, 2.45) is 0 Å². The van der Waals surface area contributed by atoms with Crippen LogP contribution in [0.5, 0.6) is 5.75 Å². The van der Waals surface area contributed by atoms with Gasteiger partial charge in [0.05, 0.1) is 0 Å². The predicted octanol–water partition coefficient (Wildman–Crippen LogP) is 0.930. The maximum atomic E-state index is 13.6. The summed E-state index contributed by atoms with van der Waals surface area (Å²) in [7, 11) is 1.96. The van der Waals surface area contributed by atoms with Crippen LogP contribution in [0, 0.1) is 11.6 Å². The predicted molar refractivity (Wildman–Crippen MR) is 71.3 cm³/mol. The van der Waals surface area contributed by atoms with Crippen molar-refractivity contribution in [3.8, 4) is 5.75 Å². The van der Waals surface area contributed by atoms with Gasteiger partial charge in [-0.25, -0.2) is 8.78 Å². The SMILES string of the molecule is CN1CCN(C(=O)COc2c(F)cc(C=O)cc2F)CC1. The molecule has 1 aliphatic heterocycles. The van der Waals surface area contributed by atoms with Gasteiger partial charge in [0.1, 0.15) is 6.29 Å². The molecule has 2 rings (SSSR count). The number of carbonyl (C=O) groups excluding carboxylic acids is 2. The van der Waals surface area contributed by atoms with E-state index in [2.05, 4.69) is 4.90 Å². The van der Waals surface area contributed by atoms with Crippen molar-refractivity contribution in [2.45, 2.75) is 0 Å². The molecule has 0 aromatic heterocycles. The molecule has 0 N–H and O–H groups in total. The van der Waals surface area contributed by atoms with E-state index in [1.807, 2.05) is 7.05 Å². The second kappa shape index (κ2) is 6.62. The zero-order valence-electron chi connectivity index (χ0n) is 11.6. The minimum atomic E-state index is -0.997. The van der Waals surface area contributed by atoms with Gasteiger partial charge < -0.3 is 14.5 Å². The summed E-state index contributed by atoms with van der Waals surface area (Å²) in [6.07, 6.45) is 0.339. The van der Waals surface area contributed by atoms with Crippen molar-refractivity contribution in [1.29, 1.82) is 0 Å². The highest BCUT2D eigenvalue weighted by Crippen LogP contribution is 2.22. The van der Waals surface area contributed by atoms with Gasteiger partial charge in [-0.05, 0) is 19.2 Å². The van der Waals surface area contributed by atoms with Gasteiger partial charge in [-0.1, -0.05) is 0 Å². The lowest BCUT2D eigenvalue weighted by Gasteiger charge is -2.32. The number of aldehydes is 1. The van der Waals surface area contributed by atoms with E-state index in [1.165, 1.54) is 0 Å². The van der Waals surface area contributed by atoms with Crippen LogP contribution in [0.1, 0.15) is 10.4 Å². The smallest absolute Gasteiger partial charge is 0.260 e. The van der Waals surface area contributed by atoms with Crippen molar-refractivity contribution >= 4 is 12.2 Å². The molecule has 0 unspecified atom stereocenters. The monoisotopic (exact) mass is 298 g/mol. The molecular weight excluding hydrogens is 282 g/mol. The first kappa shape index (κ1) is 15.4. The minimum Gasteiger partial charge on any atom is -0.478 e. The Hall–Kier alpha value is -2.02. The normalized spacial score (nSPS) is 15.9. The Balaban J connectivity index is 1.97. The molecule has 1 aromatic carbocycles. The van der Waals surface area contributed by atoms with Crippen LogP contribution >= 0.6 is 0 Å². The van der Waals surface area contributed by atoms with Crippen LogP contribution in [0.15, 0.2) is 12.1 Å². The van der Waals surface area contributed by atoms with Gasteiger partial charge in [0.2, 0.25) is 0 Å². The third-order valence-electron chi connectivity index (χ3n) is 3.35. The molecular formula is C14H16F2N2O3. The zero-order chi connectivity index (χ0) is 15.4. The number of benzene rings is 1. The van der Waals surface area contributed by atoms with E-state index in [0.29, 0.717) is 19.4 Å². The largest absolute Gasteiger partial charge is 0.478 e. The molecule has 0 aliphatic carbocycles. The molecule has 1 heterocycles. The lowest BCUT2D eigenvalue weighted by Crippen LogP contribution is -2.48. The summed E-state index contributed by atoms with van der Waals surface area (Å²) < 4.78 is 32.1. The van der Waals surface area contributed by atoms with Crippen LogP contribution in [0.4, 0.5) is 8.78 Å². The standard InChI is InChI=1S/C14H16F2N2O3/c1-17-2-4-18(5-3-17)13(20)9-21-14-11(15)6-10(8-19)7-12(14)16/h6-8H,2-5,9H2,1H3. The zero-order valence-corrected chi connectivity index (χ0v) is 11.6. The van der Waals surface area contributed by atoms with Gasteiger partial charge >= 0.3 is 0 Å². The van der Waals surface area contributed by atoms with E-state index in [1.54, 1.807) is 4.90 Å². The van der Waals surface area contributed by atoms with Gasteiger partial charge in [0, 0.05) is 31.7 Å². The molecule has 21 heavy (non-hydrogen) atoms. The summed E-state index contributed by atoms with van der Waals surface area (Å²) in [4.78, 5) is 26.1. The number of likely N-dealkylation sites (N-methyl/N-ethyl adjacent to an activating group) is 1. The molecule has 0 atom stereocenters. The van der Waals surface area contributed by atoms with Gasteiger partial charge in [0.25, 0.3) is 5.91 Å². The average molecular weight is 298 g/mol. The van der Waals surface area contributed by atoms with Crippen LogP contribution < -0.4 is 4.74 Å². The fraction of sp³-hybridized carbons (Fsp3) is 0.429. The Labute approximate surface area is 121 Å². The van der Waals surface area contributed by atoms with Crippen LogP contribution in [0.3, 0.4) is 0 Å². The van der Waals surface area contributed by atoms with Crippen molar-refractivity contribution in [2.75, 3.05) is 39.8 Å². The van der Waals surface area contributed by atoms with E-state index >= 15 is 0 Å². The first-order valence-electron chi connectivity index (χ1n) is 6.54. The first-order chi connectivity index (χ1) is 10.0. The number of nitrogens with zero attached hydrogens (tertiary/aromatic N) is 2. The van der Waals surface area contributed by atoms with E-state index in [9.17, 15) is 18.4 Å². The Morgan fingerprint density at radius 1 is 1.24 bits per heavy atom. The van der Waals surface area contributed by atoms with E-state index < -0.39 is 24.0 Å². The van der Waals surface area contributed by atoms with E-state index in [0.717, 1.165) is 25.2 Å². The third-order valence-corrected chi connectivity index (χ3v) is 3.35. The summed E-state index contributed by atoms with van der Waals surface area (Å²) in [6.45, 7) is 2.20. The third kappa shape index (κ3) is 3.75. The van der Waals surface area contributed by atoms with Crippen LogP contribution in [0.2, 0.25) is 0 Å². The molecule has 0 saturated carbocycles. The Kier molecular flexibility index (Phi) is 4.85. The molecule has 1 amide bonds. The molecule has 5 nitrogen and oxygen atoms in total. The molecule has 0 spiro atoms. The van der Waals surface area contributed by atoms with Gasteiger partial charge in [-0.3, -0.25) is 9.59 Å². The summed E-state index contributed by atoms with van der Waals surface area (Å²) in [5.41, 5.74) is -0.122. The second-order valence-electron chi connectivity index (χ2n) is 4.90. The lowest BCUT2D eigenvalue weighted by molar-refractivity contribution is -0.135. The number of rotatable bonds is 4. The second-order valence-corrected chi connectivity index (χ2v) is 4.90. The summed E-state index contributed by atoms with van der Waals surface area (Å²) in [6, 6.07) is 1.73. The van der Waals surface area contributed by atoms with Crippen molar-refractivity contribution in [1.82, 2.24) is 9.80 Å². The molecule has 0 radical (unpaired) electrons. The number of amides is 1. The van der Waals surface area contributed by atoms with Gasteiger partial charge in [-0.15, -0.1) is 0 Å². The van der Waals surface area contributed by atoms with E-state index in [-0.39, 0.29) is 11.5 Å². The van der Waals surface area contributed by atoms with Crippen LogP contribution in [-0.2, 0) is 4.79 Å². The van der Waals surface area contributed by atoms with Crippen molar-refractivity contribution in [3.63, 3.8) is 0 Å². The summed E-state index contributed by atoms with van der Waals surface area (Å²) >= 11 is 0.